The van der Waals surface area contributed by atoms with Gasteiger partial charge in [0.2, 0.25) is 5.91 Å². The number of aromatic carboxylic acids is 1. The molecule has 0 aliphatic heterocycles. The SMILES string of the molecule is CN(CC(N)=O)c1cc([N+](=O)[O-])ccc1C(=O)O. The number of nitrogens with zero attached hydrogens (tertiary/aromatic N) is 2. The van der Waals surface area contributed by atoms with Crippen LogP contribution in [0.3, 0.4) is 0 Å². The Bertz CT molecular complexity index is 514. The van der Waals surface area contributed by atoms with Gasteiger partial charge in [0.1, 0.15) is 0 Å². The molecular formula is C10H11N3O5. The summed E-state index contributed by atoms with van der Waals surface area (Å²) in [5.74, 6) is -1.91. The quantitative estimate of drug-likeness (QED) is 0.570. The summed E-state index contributed by atoms with van der Waals surface area (Å²) in [6.07, 6.45) is 0. The number of likely N-dealkylation sites (N-methyl/N-ethyl adjacent to an activating group) is 1. The van der Waals surface area contributed by atoms with Gasteiger partial charge in [0.25, 0.3) is 5.69 Å². The molecule has 0 unspecified atom stereocenters. The van der Waals surface area contributed by atoms with Crippen LogP contribution in [-0.4, -0.2) is 35.5 Å². The van der Waals surface area contributed by atoms with Crippen molar-refractivity contribution >= 4 is 23.3 Å². The lowest BCUT2D eigenvalue weighted by molar-refractivity contribution is -0.384. The number of carbonyl (C=O) groups is 2. The Morgan fingerprint density at radius 1 is 1.50 bits per heavy atom. The largest absolute Gasteiger partial charge is 0.478 e. The monoisotopic (exact) mass is 253 g/mol. The van der Waals surface area contributed by atoms with Gasteiger partial charge in [0.15, 0.2) is 0 Å². The van der Waals surface area contributed by atoms with Crippen LogP contribution in [0.2, 0.25) is 0 Å². The molecular weight excluding hydrogens is 242 g/mol. The second-order valence-electron chi connectivity index (χ2n) is 3.59. The molecule has 3 N–H and O–H groups in total. The number of carboxylic acids is 1. The highest BCUT2D eigenvalue weighted by molar-refractivity contribution is 5.96. The number of hydrogen-bond donors (Lipinski definition) is 2. The van der Waals surface area contributed by atoms with Crippen LogP contribution in [0.5, 0.6) is 0 Å². The van der Waals surface area contributed by atoms with Gasteiger partial charge in [-0.15, -0.1) is 0 Å². The molecule has 0 saturated carbocycles. The minimum Gasteiger partial charge on any atom is -0.478 e. The molecule has 0 atom stereocenters. The molecule has 0 spiro atoms. The van der Waals surface area contributed by atoms with Gasteiger partial charge in [-0.05, 0) is 6.07 Å². The van der Waals surface area contributed by atoms with Gasteiger partial charge >= 0.3 is 5.97 Å². The molecule has 0 aliphatic carbocycles. The molecule has 8 nitrogen and oxygen atoms in total. The number of carbonyl (C=O) groups excluding carboxylic acids is 1. The highest BCUT2D eigenvalue weighted by Gasteiger charge is 2.18. The Morgan fingerprint density at radius 3 is 2.56 bits per heavy atom. The first-order valence-corrected chi connectivity index (χ1v) is 4.84. The Balaban J connectivity index is 3.26. The molecule has 0 aliphatic rings. The molecule has 1 rings (SSSR count). The number of amides is 1. The van der Waals surface area contributed by atoms with Gasteiger partial charge in [0, 0.05) is 19.2 Å². The summed E-state index contributed by atoms with van der Waals surface area (Å²) >= 11 is 0. The number of nitro groups is 1. The molecule has 0 fully saturated rings. The van der Waals surface area contributed by atoms with Crippen molar-refractivity contribution in [2.75, 3.05) is 18.5 Å². The van der Waals surface area contributed by atoms with Crippen LogP contribution in [0.15, 0.2) is 18.2 Å². The maximum atomic E-state index is 11.0. The smallest absolute Gasteiger partial charge is 0.337 e. The second-order valence-corrected chi connectivity index (χ2v) is 3.59. The average molecular weight is 253 g/mol. The van der Waals surface area contributed by atoms with Crippen LogP contribution in [-0.2, 0) is 4.79 Å². The van der Waals surface area contributed by atoms with E-state index in [1.165, 1.54) is 11.9 Å². The maximum Gasteiger partial charge on any atom is 0.337 e. The normalized spacial score (nSPS) is 9.83. The Morgan fingerprint density at radius 2 is 2.11 bits per heavy atom. The molecule has 0 aromatic heterocycles. The average Bonchev–Trinajstić information content (AvgIpc) is 2.26. The molecule has 0 heterocycles. The van der Waals surface area contributed by atoms with E-state index in [4.69, 9.17) is 10.8 Å². The van der Waals surface area contributed by atoms with Crippen molar-refractivity contribution in [2.24, 2.45) is 5.73 Å². The van der Waals surface area contributed by atoms with E-state index in [0.717, 1.165) is 18.2 Å². The lowest BCUT2D eigenvalue weighted by Gasteiger charge is -2.19. The first-order chi connectivity index (χ1) is 8.32. The molecule has 0 bridgehead atoms. The van der Waals surface area contributed by atoms with E-state index in [1.807, 2.05) is 0 Å². The van der Waals surface area contributed by atoms with Crippen molar-refractivity contribution in [1.82, 2.24) is 0 Å². The molecule has 18 heavy (non-hydrogen) atoms. The third-order valence-electron chi connectivity index (χ3n) is 2.23. The number of nitrogens with two attached hydrogens (primary N) is 1. The Labute approximate surface area is 102 Å². The highest BCUT2D eigenvalue weighted by atomic mass is 16.6. The predicted octanol–water partition coefficient (Wildman–Crippen LogP) is 0.214. The first kappa shape index (κ1) is 13.4. The Hall–Kier alpha value is -2.64. The summed E-state index contributed by atoms with van der Waals surface area (Å²) in [6, 6.07) is 3.30. The van der Waals surface area contributed by atoms with Crippen LogP contribution in [0.4, 0.5) is 11.4 Å². The van der Waals surface area contributed by atoms with E-state index < -0.39 is 16.8 Å². The van der Waals surface area contributed by atoms with Gasteiger partial charge in [0.05, 0.1) is 22.7 Å². The number of anilines is 1. The number of hydrogen-bond acceptors (Lipinski definition) is 5. The van der Waals surface area contributed by atoms with Gasteiger partial charge in [-0.25, -0.2) is 4.79 Å². The molecule has 96 valence electrons. The van der Waals surface area contributed by atoms with Crippen molar-refractivity contribution in [3.63, 3.8) is 0 Å². The fourth-order valence-electron chi connectivity index (χ4n) is 1.45. The number of carboxylic acid groups (broad SMARTS) is 1. The molecule has 1 aromatic carbocycles. The topological polar surface area (TPSA) is 127 Å². The zero-order chi connectivity index (χ0) is 13.9. The lowest BCUT2D eigenvalue weighted by Crippen LogP contribution is -2.31. The zero-order valence-corrected chi connectivity index (χ0v) is 9.49. The maximum absolute atomic E-state index is 11.0. The van der Waals surface area contributed by atoms with Crippen molar-refractivity contribution in [2.45, 2.75) is 0 Å². The third-order valence-corrected chi connectivity index (χ3v) is 2.23. The van der Waals surface area contributed by atoms with Gasteiger partial charge in [-0.1, -0.05) is 0 Å². The van der Waals surface area contributed by atoms with E-state index in [9.17, 15) is 19.7 Å². The standard InChI is InChI=1S/C10H11N3O5/c1-12(5-9(11)14)8-4-6(13(17)18)2-3-7(8)10(15)16/h2-4H,5H2,1H3,(H2,11,14)(H,15,16). The summed E-state index contributed by atoms with van der Waals surface area (Å²) in [4.78, 5) is 33.0. The van der Waals surface area contributed by atoms with Gasteiger partial charge in [-0.3, -0.25) is 14.9 Å². The summed E-state index contributed by atoms with van der Waals surface area (Å²) in [5.41, 5.74) is 4.67. The van der Waals surface area contributed by atoms with Crippen LogP contribution in [0.25, 0.3) is 0 Å². The minimum atomic E-state index is -1.24. The van der Waals surface area contributed by atoms with E-state index >= 15 is 0 Å². The van der Waals surface area contributed by atoms with Crippen molar-refractivity contribution in [3.05, 3.63) is 33.9 Å². The first-order valence-electron chi connectivity index (χ1n) is 4.84. The number of benzene rings is 1. The number of nitro benzene ring substituents is 1. The summed E-state index contributed by atoms with van der Waals surface area (Å²) in [6.45, 7) is -0.235. The number of rotatable bonds is 5. The molecule has 1 aromatic rings. The number of primary amides is 1. The fourth-order valence-corrected chi connectivity index (χ4v) is 1.45. The number of non-ortho nitro benzene ring substituents is 1. The summed E-state index contributed by atoms with van der Waals surface area (Å²) in [7, 11) is 1.43. The van der Waals surface area contributed by atoms with Crippen molar-refractivity contribution < 1.29 is 19.6 Å². The van der Waals surface area contributed by atoms with E-state index in [1.54, 1.807) is 0 Å². The zero-order valence-electron chi connectivity index (χ0n) is 9.49. The Kier molecular flexibility index (Phi) is 3.82. The molecule has 8 heteroatoms. The second kappa shape index (κ2) is 5.13. The van der Waals surface area contributed by atoms with Crippen LogP contribution < -0.4 is 10.6 Å². The van der Waals surface area contributed by atoms with Crippen molar-refractivity contribution in [1.29, 1.82) is 0 Å². The molecule has 1 amide bonds. The van der Waals surface area contributed by atoms with Crippen molar-refractivity contribution in [3.8, 4) is 0 Å². The van der Waals surface area contributed by atoms with Crippen LogP contribution >= 0.6 is 0 Å². The highest BCUT2D eigenvalue weighted by Crippen LogP contribution is 2.25. The van der Waals surface area contributed by atoms with Gasteiger partial charge in [-0.2, -0.15) is 0 Å². The molecule has 0 saturated heterocycles. The van der Waals surface area contributed by atoms with Gasteiger partial charge < -0.3 is 15.7 Å². The minimum absolute atomic E-state index is 0.0653. The predicted molar refractivity (Wildman–Crippen MR) is 62.5 cm³/mol. The lowest BCUT2D eigenvalue weighted by atomic mass is 10.1. The fraction of sp³-hybridized carbons (Fsp3) is 0.200. The summed E-state index contributed by atoms with van der Waals surface area (Å²) in [5, 5.41) is 19.6. The van der Waals surface area contributed by atoms with Crippen LogP contribution in [0, 0.1) is 10.1 Å². The third kappa shape index (κ3) is 2.94. The van der Waals surface area contributed by atoms with Crippen LogP contribution in [0.1, 0.15) is 10.4 Å². The molecule has 0 radical (unpaired) electrons. The summed E-state index contributed by atoms with van der Waals surface area (Å²) < 4.78 is 0. The van der Waals surface area contributed by atoms with E-state index in [0.29, 0.717) is 0 Å². The van der Waals surface area contributed by atoms with E-state index in [2.05, 4.69) is 0 Å². The van der Waals surface area contributed by atoms with E-state index in [-0.39, 0.29) is 23.5 Å².